The Kier molecular flexibility index (Phi) is 6.30. The standard InChI is InChI=1S/C28H23BrFNO5/c1-28(2)35-26(32)25(27(33)36-28)24(20-14-31-22-9-4-3-8-19(20)22)17-10-11-23(21(29)13-17)34-15-16-6-5-7-18(30)12-16/h3-14,24-25,31H,15H2,1-2H3/t24-/m1/s1. The van der Waals surface area contributed by atoms with Crippen molar-refractivity contribution in [2.75, 3.05) is 0 Å². The number of nitrogens with one attached hydrogen (secondary N) is 1. The summed E-state index contributed by atoms with van der Waals surface area (Å²) in [6.07, 6.45) is 1.80. The van der Waals surface area contributed by atoms with Crippen molar-refractivity contribution >= 4 is 38.8 Å². The summed E-state index contributed by atoms with van der Waals surface area (Å²) in [5.41, 5.74) is 3.04. The van der Waals surface area contributed by atoms with E-state index in [0.29, 0.717) is 21.3 Å². The van der Waals surface area contributed by atoms with Gasteiger partial charge in [-0.15, -0.1) is 0 Å². The fourth-order valence-corrected chi connectivity index (χ4v) is 5.03. The van der Waals surface area contributed by atoms with E-state index in [2.05, 4.69) is 20.9 Å². The molecule has 1 aliphatic rings. The van der Waals surface area contributed by atoms with Crippen LogP contribution in [0.25, 0.3) is 10.9 Å². The van der Waals surface area contributed by atoms with Gasteiger partial charge in [0.15, 0.2) is 5.92 Å². The molecule has 1 fully saturated rings. The molecule has 1 aromatic heterocycles. The number of carbonyl (C=O) groups is 2. The van der Waals surface area contributed by atoms with Crippen molar-refractivity contribution in [1.82, 2.24) is 4.98 Å². The highest BCUT2D eigenvalue weighted by Gasteiger charge is 2.48. The van der Waals surface area contributed by atoms with Crippen molar-refractivity contribution in [2.24, 2.45) is 5.92 Å². The molecule has 4 aromatic rings. The van der Waals surface area contributed by atoms with Crippen LogP contribution in [-0.2, 0) is 25.7 Å². The minimum Gasteiger partial charge on any atom is -0.488 e. The van der Waals surface area contributed by atoms with E-state index in [9.17, 15) is 14.0 Å². The molecule has 0 bridgehead atoms. The summed E-state index contributed by atoms with van der Waals surface area (Å²) in [7, 11) is 0. The molecule has 6 nitrogen and oxygen atoms in total. The lowest BCUT2D eigenvalue weighted by atomic mass is 9.80. The number of benzene rings is 3. The van der Waals surface area contributed by atoms with Crippen LogP contribution in [0.1, 0.15) is 36.5 Å². The van der Waals surface area contributed by atoms with E-state index in [4.69, 9.17) is 14.2 Å². The molecule has 184 valence electrons. The van der Waals surface area contributed by atoms with E-state index >= 15 is 0 Å². The lowest BCUT2D eigenvalue weighted by Gasteiger charge is -2.36. The first-order chi connectivity index (χ1) is 17.2. The van der Waals surface area contributed by atoms with E-state index in [1.165, 1.54) is 26.0 Å². The lowest BCUT2D eigenvalue weighted by molar-refractivity contribution is -0.240. The SMILES string of the molecule is CC1(C)OC(=O)C([C@H](c2ccc(OCc3cccc(F)c3)c(Br)c2)c2c[nH]c3ccccc23)C(=O)O1. The number of fused-ring (bicyclic) bond motifs is 1. The Morgan fingerprint density at radius 3 is 2.50 bits per heavy atom. The van der Waals surface area contributed by atoms with Crippen molar-refractivity contribution in [3.05, 3.63) is 99.9 Å². The van der Waals surface area contributed by atoms with E-state index < -0.39 is 29.6 Å². The number of hydrogen-bond acceptors (Lipinski definition) is 5. The van der Waals surface area contributed by atoms with Crippen LogP contribution in [-0.4, -0.2) is 22.7 Å². The van der Waals surface area contributed by atoms with Gasteiger partial charge in [-0.2, -0.15) is 0 Å². The third-order valence-electron chi connectivity index (χ3n) is 6.09. The topological polar surface area (TPSA) is 77.6 Å². The van der Waals surface area contributed by atoms with Crippen LogP contribution in [0.4, 0.5) is 4.39 Å². The summed E-state index contributed by atoms with van der Waals surface area (Å²) in [5.74, 6) is -4.28. The normalized spacial score (nSPS) is 16.4. The van der Waals surface area contributed by atoms with Crippen LogP contribution in [0.3, 0.4) is 0 Å². The highest BCUT2D eigenvalue weighted by atomic mass is 79.9. The van der Waals surface area contributed by atoms with Crippen LogP contribution in [0.15, 0.2) is 77.4 Å². The average Bonchev–Trinajstić information content (AvgIpc) is 3.24. The van der Waals surface area contributed by atoms with Crippen molar-refractivity contribution in [3.8, 4) is 5.75 Å². The Labute approximate surface area is 215 Å². The smallest absolute Gasteiger partial charge is 0.324 e. The van der Waals surface area contributed by atoms with Gasteiger partial charge in [0.2, 0.25) is 0 Å². The molecule has 5 rings (SSSR count). The van der Waals surface area contributed by atoms with Crippen molar-refractivity contribution in [1.29, 1.82) is 0 Å². The van der Waals surface area contributed by atoms with E-state index in [1.54, 1.807) is 30.5 Å². The minimum atomic E-state index is -1.33. The van der Waals surface area contributed by atoms with Crippen LogP contribution in [0.5, 0.6) is 5.75 Å². The zero-order valence-corrected chi connectivity index (χ0v) is 21.2. The number of aromatic nitrogens is 1. The summed E-state index contributed by atoms with van der Waals surface area (Å²) in [6, 6.07) is 19.2. The number of rotatable bonds is 6. The highest BCUT2D eigenvalue weighted by molar-refractivity contribution is 9.10. The monoisotopic (exact) mass is 551 g/mol. The second kappa shape index (κ2) is 9.43. The van der Waals surface area contributed by atoms with Gasteiger partial charge in [-0.25, -0.2) is 4.39 Å². The first-order valence-electron chi connectivity index (χ1n) is 11.4. The van der Waals surface area contributed by atoms with E-state index in [0.717, 1.165) is 16.5 Å². The summed E-state index contributed by atoms with van der Waals surface area (Å²) in [5, 5.41) is 0.885. The molecule has 1 aliphatic heterocycles. The van der Waals surface area contributed by atoms with Gasteiger partial charge in [-0.1, -0.05) is 36.4 Å². The van der Waals surface area contributed by atoms with Gasteiger partial charge in [0, 0.05) is 36.9 Å². The number of ether oxygens (including phenoxy) is 3. The first-order valence-corrected chi connectivity index (χ1v) is 12.2. The molecular weight excluding hydrogens is 529 g/mol. The predicted octanol–water partition coefficient (Wildman–Crippen LogP) is 6.23. The maximum Gasteiger partial charge on any atom is 0.324 e. The Morgan fingerprint density at radius 1 is 1.03 bits per heavy atom. The Balaban J connectivity index is 1.52. The number of esters is 2. The molecule has 2 heterocycles. The Hall–Kier alpha value is -3.65. The summed E-state index contributed by atoms with van der Waals surface area (Å²) in [4.78, 5) is 29.4. The quantitative estimate of drug-likeness (QED) is 0.227. The van der Waals surface area contributed by atoms with E-state index in [-0.39, 0.29) is 12.4 Å². The molecule has 1 N–H and O–H groups in total. The molecule has 0 aliphatic carbocycles. The van der Waals surface area contributed by atoms with Crippen molar-refractivity contribution < 1.29 is 28.2 Å². The average molecular weight is 552 g/mol. The van der Waals surface area contributed by atoms with Crippen molar-refractivity contribution in [2.45, 2.75) is 32.2 Å². The zero-order chi connectivity index (χ0) is 25.4. The molecule has 0 spiro atoms. The fraction of sp³-hybridized carbons (Fsp3) is 0.214. The van der Waals surface area contributed by atoms with Gasteiger partial charge in [0.05, 0.1) is 4.47 Å². The largest absolute Gasteiger partial charge is 0.488 e. The van der Waals surface area contributed by atoms with Crippen LogP contribution >= 0.6 is 15.9 Å². The number of hydrogen-bond donors (Lipinski definition) is 1. The molecule has 36 heavy (non-hydrogen) atoms. The highest BCUT2D eigenvalue weighted by Crippen LogP contribution is 2.42. The number of para-hydroxylation sites is 1. The molecule has 0 saturated carbocycles. The molecule has 1 saturated heterocycles. The molecule has 3 aromatic carbocycles. The molecule has 0 amide bonds. The molecule has 0 radical (unpaired) electrons. The molecule has 8 heteroatoms. The molecule has 0 unspecified atom stereocenters. The summed E-state index contributed by atoms with van der Waals surface area (Å²) >= 11 is 3.55. The van der Waals surface area contributed by atoms with Gasteiger partial charge >= 0.3 is 11.9 Å². The minimum absolute atomic E-state index is 0.179. The lowest BCUT2D eigenvalue weighted by Crippen LogP contribution is -2.48. The van der Waals surface area contributed by atoms with Crippen molar-refractivity contribution in [3.63, 3.8) is 0 Å². The van der Waals surface area contributed by atoms with Gasteiger partial charge < -0.3 is 19.2 Å². The summed E-state index contributed by atoms with van der Waals surface area (Å²) in [6.45, 7) is 3.24. The number of cyclic esters (lactones) is 2. The Morgan fingerprint density at radius 2 is 1.78 bits per heavy atom. The fourth-order valence-electron chi connectivity index (χ4n) is 4.52. The molecule has 1 atom stereocenters. The first kappa shape index (κ1) is 24.1. The van der Waals surface area contributed by atoms with Gasteiger partial charge in [-0.3, -0.25) is 9.59 Å². The number of aromatic amines is 1. The zero-order valence-electron chi connectivity index (χ0n) is 19.6. The maximum absolute atomic E-state index is 13.5. The van der Waals surface area contributed by atoms with Crippen LogP contribution in [0, 0.1) is 11.7 Å². The maximum atomic E-state index is 13.5. The van der Waals surface area contributed by atoms with Gasteiger partial charge in [-0.05, 0) is 63.0 Å². The molecular formula is C28H23BrFNO5. The predicted molar refractivity (Wildman–Crippen MR) is 135 cm³/mol. The van der Waals surface area contributed by atoms with Crippen LogP contribution < -0.4 is 4.74 Å². The third kappa shape index (κ3) is 4.73. The van der Waals surface area contributed by atoms with Crippen LogP contribution in [0.2, 0.25) is 0 Å². The number of H-pyrrole nitrogens is 1. The Bertz CT molecular complexity index is 1440. The van der Waals surface area contributed by atoms with E-state index in [1.807, 2.05) is 30.3 Å². The second-order valence-corrected chi connectivity index (χ2v) is 9.95. The number of carbonyl (C=O) groups excluding carboxylic acids is 2. The number of halogens is 2. The van der Waals surface area contributed by atoms with Gasteiger partial charge in [0.1, 0.15) is 18.2 Å². The van der Waals surface area contributed by atoms with Gasteiger partial charge in [0.25, 0.3) is 5.79 Å². The third-order valence-corrected chi connectivity index (χ3v) is 6.71. The second-order valence-electron chi connectivity index (χ2n) is 9.10. The summed E-state index contributed by atoms with van der Waals surface area (Å²) < 4.78 is 30.9.